The van der Waals surface area contributed by atoms with Crippen molar-refractivity contribution in [3.05, 3.63) is 35.9 Å². The van der Waals surface area contributed by atoms with Crippen LogP contribution in [-0.2, 0) is 0 Å². The van der Waals surface area contributed by atoms with E-state index in [4.69, 9.17) is 9.47 Å². The highest BCUT2D eigenvalue weighted by Gasteiger charge is 2.35. The predicted molar refractivity (Wildman–Crippen MR) is 90.7 cm³/mol. The Bertz CT molecular complexity index is 765. The minimum atomic E-state index is -2.68. The predicted octanol–water partition coefficient (Wildman–Crippen LogP) is 3.03. The van der Waals surface area contributed by atoms with Gasteiger partial charge in [-0.3, -0.25) is 4.79 Å². The van der Waals surface area contributed by atoms with Crippen molar-refractivity contribution in [2.45, 2.75) is 18.8 Å². The molecule has 0 spiro atoms. The minimum Gasteiger partial charge on any atom is -0.481 e. The molecule has 138 valence electrons. The average molecular weight is 363 g/mol. The van der Waals surface area contributed by atoms with Gasteiger partial charge in [0.2, 0.25) is 11.8 Å². The number of ether oxygens (including phenoxy) is 2. The molecule has 1 fully saturated rings. The topological polar surface area (TPSA) is 64.6 Å². The van der Waals surface area contributed by atoms with E-state index in [2.05, 4.69) is 9.97 Å². The molecule has 2 aromatic rings. The van der Waals surface area contributed by atoms with Crippen molar-refractivity contribution in [2.24, 2.45) is 0 Å². The first kappa shape index (κ1) is 18.0. The largest absolute Gasteiger partial charge is 0.481 e. The highest BCUT2D eigenvalue weighted by molar-refractivity contribution is 5.94. The van der Waals surface area contributed by atoms with E-state index in [1.165, 1.54) is 19.1 Å². The molecule has 2 heterocycles. The SMILES string of the molecule is COc1cc(OC)nc(-c2ccc(C(=O)N3CCC(F)(F)CC3)cc2)n1. The summed E-state index contributed by atoms with van der Waals surface area (Å²) in [4.78, 5) is 22.4. The molecule has 6 nitrogen and oxygen atoms in total. The second kappa shape index (κ2) is 7.23. The summed E-state index contributed by atoms with van der Waals surface area (Å²) >= 11 is 0. The number of nitrogens with zero attached hydrogens (tertiary/aromatic N) is 3. The van der Waals surface area contributed by atoms with Crippen molar-refractivity contribution in [3.8, 4) is 23.1 Å². The number of hydrogen-bond acceptors (Lipinski definition) is 5. The molecule has 0 unspecified atom stereocenters. The van der Waals surface area contributed by atoms with Crippen LogP contribution in [-0.4, -0.2) is 54.0 Å². The number of rotatable bonds is 4. The molecule has 26 heavy (non-hydrogen) atoms. The molecule has 0 atom stereocenters. The number of likely N-dealkylation sites (tertiary alicyclic amines) is 1. The Balaban J connectivity index is 1.77. The lowest BCUT2D eigenvalue weighted by molar-refractivity contribution is -0.0494. The molecule has 0 N–H and O–H groups in total. The molecule has 1 saturated heterocycles. The Morgan fingerprint density at radius 1 is 1.04 bits per heavy atom. The number of hydrogen-bond donors (Lipinski definition) is 0. The zero-order valence-corrected chi connectivity index (χ0v) is 14.5. The van der Waals surface area contributed by atoms with Gasteiger partial charge < -0.3 is 14.4 Å². The fourth-order valence-corrected chi connectivity index (χ4v) is 2.72. The number of amides is 1. The van der Waals surface area contributed by atoms with E-state index in [9.17, 15) is 13.6 Å². The van der Waals surface area contributed by atoms with E-state index in [-0.39, 0.29) is 31.8 Å². The number of carbonyl (C=O) groups is 1. The van der Waals surface area contributed by atoms with Crippen molar-refractivity contribution in [3.63, 3.8) is 0 Å². The van der Waals surface area contributed by atoms with Crippen LogP contribution in [0, 0.1) is 0 Å². The van der Waals surface area contributed by atoms with E-state index >= 15 is 0 Å². The molecule has 3 rings (SSSR count). The van der Waals surface area contributed by atoms with E-state index in [0.29, 0.717) is 28.7 Å². The quantitative estimate of drug-likeness (QED) is 0.835. The van der Waals surface area contributed by atoms with Crippen LogP contribution in [0.4, 0.5) is 8.78 Å². The Morgan fingerprint density at radius 2 is 1.58 bits per heavy atom. The lowest BCUT2D eigenvalue weighted by Gasteiger charge is -2.31. The lowest BCUT2D eigenvalue weighted by atomic mass is 10.0. The number of halogens is 2. The van der Waals surface area contributed by atoms with Crippen molar-refractivity contribution < 1.29 is 23.0 Å². The summed E-state index contributed by atoms with van der Waals surface area (Å²) < 4.78 is 36.7. The van der Waals surface area contributed by atoms with Gasteiger partial charge in [0.05, 0.1) is 20.3 Å². The van der Waals surface area contributed by atoms with Crippen LogP contribution in [0.2, 0.25) is 0 Å². The van der Waals surface area contributed by atoms with E-state index < -0.39 is 5.92 Å². The fourth-order valence-electron chi connectivity index (χ4n) is 2.72. The molecular formula is C18H19F2N3O3. The molecule has 8 heteroatoms. The minimum absolute atomic E-state index is 0.0593. The molecule has 0 aliphatic carbocycles. The maximum Gasteiger partial charge on any atom is 0.253 e. The van der Waals surface area contributed by atoms with Gasteiger partial charge in [-0.05, 0) is 12.1 Å². The van der Waals surface area contributed by atoms with Gasteiger partial charge >= 0.3 is 0 Å². The fraction of sp³-hybridized carbons (Fsp3) is 0.389. The van der Waals surface area contributed by atoms with Gasteiger partial charge in [0.15, 0.2) is 5.82 Å². The van der Waals surface area contributed by atoms with Crippen LogP contribution in [0.5, 0.6) is 11.8 Å². The smallest absolute Gasteiger partial charge is 0.253 e. The van der Waals surface area contributed by atoms with Crippen LogP contribution < -0.4 is 9.47 Å². The molecular weight excluding hydrogens is 344 g/mol. The first-order valence-corrected chi connectivity index (χ1v) is 8.16. The molecule has 0 bridgehead atoms. The normalized spacial score (nSPS) is 16.2. The van der Waals surface area contributed by atoms with Crippen LogP contribution in [0.3, 0.4) is 0 Å². The number of aromatic nitrogens is 2. The van der Waals surface area contributed by atoms with Gasteiger partial charge in [-0.25, -0.2) is 8.78 Å². The van der Waals surface area contributed by atoms with Gasteiger partial charge in [-0.2, -0.15) is 9.97 Å². The highest BCUT2D eigenvalue weighted by Crippen LogP contribution is 2.29. The summed E-state index contributed by atoms with van der Waals surface area (Å²) in [5.74, 6) is -1.81. The molecule has 1 amide bonds. The maximum absolute atomic E-state index is 13.2. The third kappa shape index (κ3) is 3.89. The zero-order chi connectivity index (χ0) is 18.7. The molecule has 1 aliphatic heterocycles. The standard InChI is InChI=1S/C18H19F2N3O3/c1-25-14-11-15(26-2)22-16(21-14)12-3-5-13(6-4-12)17(24)23-9-7-18(19,20)8-10-23/h3-6,11H,7-10H2,1-2H3. The zero-order valence-electron chi connectivity index (χ0n) is 14.5. The van der Waals surface area contributed by atoms with Gasteiger partial charge in [-0.15, -0.1) is 0 Å². The van der Waals surface area contributed by atoms with Crippen molar-refractivity contribution in [1.29, 1.82) is 0 Å². The summed E-state index contributed by atoms with van der Waals surface area (Å²) in [7, 11) is 2.99. The Labute approximate surface area is 149 Å². The summed E-state index contributed by atoms with van der Waals surface area (Å²) in [6.07, 6.45) is -0.595. The van der Waals surface area contributed by atoms with Crippen LogP contribution in [0.1, 0.15) is 23.2 Å². The Hall–Kier alpha value is -2.77. The van der Waals surface area contributed by atoms with Crippen molar-refractivity contribution in [2.75, 3.05) is 27.3 Å². The van der Waals surface area contributed by atoms with Gasteiger partial charge in [-0.1, -0.05) is 12.1 Å². The molecule has 0 saturated carbocycles. The molecule has 1 aliphatic rings. The first-order valence-electron chi connectivity index (χ1n) is 8.16. The maximum atomic E-state index is 13.2. The van der Waals surface area contributed by atoms with E-state index in [1.54, 1.807) is 30.3 Å². The van der Waals surface area contributed by atoms with Crippen LogP contribution in [0.15, 0.2) is 30.3 Å². The van der Waals surface area contributed by atoms with E-state index in [0.717, 1.165) is 0 Å². The van der Waals surface area contributed by atoms with Crippen LogP contribution >= 0.6 is 0 Å². The van der Waals surface area contributed by atoms with Gasteiger partial charge in [0, 0.05) is 37.1 Å². The second-order valence-electron chi connectivity index (χ2n) is 6.00. The molecule has 1 aromatic carbocycles. The molecule has 1 aromatic heterocycles. The van der Waals surface area contributed by atoms with Crippen molar-refractivity contribution in [1.82, 2.24) is 14.9 Å². The number of methoxy groups -OCH3 is 2. The average Bonchev–Trinajstić information content (AvgIpc) is 2.67. The summed E-state index contributed by atoms with van der Waals surface area (Å²) in [6.45, 7) is 0.119. The lowest BCUT2D eigenvalue weighted by Crippen LogP contribution is -2.42. The van der Waals surface area contributed by atoms with Crippen molar-refractivity contribution >= 4 is 5.91 Å². The Kier molecular flexibility index (Phi) is 5.01. The monoisotopic (exact) mass is 363 g/mol. The highest BCUT2D eigenvalue weighted by atomic mass is 19.3. The van der Waals surface area contributed by atoms with E-state index in [1.807, 2.05) is 0 Å². The third-order valence-corrected chi connectivity index (χ3v) is 4.27. The number of benzene rings is 1. The summed E-state index contributed by atoms with van der Waals surface area (Å²) in [5, 5.41) is 0. The van der Waals surface area contributed by atoms with Crippen LogP contribution in [0.25, 0.3) is 11.4 Å². The van der Waals surface area contributed by atoms with Gasteiger partial charge in [0.25, 0.3) is 11.8 Å². The first-order chi connectivity index (χ1) is 12.4. The second-order valence-corrected chi connectivity index (χ2v) is 6.00. The van der Waals surface area contributed by atoms with Gasteiger partial charge in [0.1, 0.15) is 0 Å². The summed E-state index contributed by atoms with van der Waals surface area (Å²) in [5.41, 5.74) is 1.12. The number of alkyl halides is 2. The number of piperidine rings is 1. The third-order valence-electron chi connectivity index (χ3n) is 4.27. The molecule has 0 radical (unpaired) electrons. The summed E-state index contributed by atoms with van der Waals surface area (Å²) in [6, 6.07) is 8.26. The Morgan fingerprint density at radius 3 is 2.08 bits per heavy atom. The number of carbonyl (C=O) groups excluding carboxylic acids is 1.